The van der Waals surface area contributed by atoms with Crippen LogP contribution in [0.1, 0.15) is 18.2 Å². The summed E-state index contributed by atoms with van der Waals surface area (Å²) < 4.78 is 28.5. The van der Waals surface area contributed by atoms with Crippen molar-refractivity contribution >= 4 is 32.5 Å². The minimum Gasteiger partial charge on any atom is -0.459 e. The Labute approximate surface area is 134 Å². The van der Waals surface area contributed by atoms with Crippen LogP contribution in [-0.4, -0.2) is 26.2 Å². The fourth-order valence-electron chi connectivity index (χ4n) is 2.72. The van der Waals surface area contributed by atoms with Gasteiger partial charge in [0.25, 0.3) is 0 Å². The third-order valence-electron chi connectivity index (χ3n) is 3.88. The topological polar surface area (TPSA) is 88.4 Å². The number of benzene rings is 1. The van der Waals surface area contributed by atoms with Crippen molar-refractivity contribution in [3.8, 4) is 0 Å². The Balaban J connectivity index is 1.79. The molecule has 1 aromatic heterocycles. The Bertz CT molecular complexity index is 896. The highest BCUT2D eigenvalue weighted by atomic mass is 32.2. The number of sulfone groups is 1. The number of rotatable bonds is 3. The lowest BCUT2D eigenvalue weighted by Crippen LogP contribution is -2.38. The highest BCUT2D eigenvalue weighted by Crippen LogP contribution is 2.31. The van der Waals surface area contributed by atoms with Crippen molar-refractivity contribution in [2.45, 2.75) is 26.3 Å². The molecule has 1 aliphatic heterocycles. The standard InChI is InChI=1S/C16H18N2O4S/c1-3-14-10(2)12-5-4-6-13(15(12)22-14)18-16(19)17-11-7-8-23(20,21)9-11/h4-8,11H,3,9H2,1-2H3,(H2,17,18,19)/t11-/m0/s1. The van der Waals surface area contributed by atoms with Gasteiger partial charge in [0, 0.05) is 17.2 Å². The van der Waals surface area contributed by atoms with Crippen molar-refractivity contribution in [2.75, 3.05) is 11.1 Å². The Hall–Kier alpha value is -2.28. The SMILES string of the molecule is CCc1oc2c(NC(=O)N[C@H]3C=CS(=O)(=O)C3)cccc2c1C. The largest absolute Gasteiger partial charge is 0.459 e. The number of amides is 2. The van der Waals surface area contributed by atoms with Crippen LogP contribution in [0.4, 0.5) is 10.5 Å². The Kier molecular flexibility index (Phi) is 3.89. The lowest BCUT2D eigenvalue weighted by Gasteiger charge is -2.11. The van der Waals surface area contributed by atoms with Gasteiger partial charge in [-0.1, -0.05) is 19.1 Å². The molecule has 2 amide bonds. The van der Waals surface area contributed by atoms with Gasteiger partial charge in [-0.3, -0.25) is 0 Å². The molecular weight excluding hydrogens is 316 g/mol. The highest BCUT2D eigenvalue weighted by Gasteiger charge is 2.23. The lowest BCUT2D eigenvalue weighted by atomic mass is 10.1. The molecule has 1 aliphatic rings. The molecule has 23 heavy (non-hydrogen) atoms. The molecule has 1 aromatic carbocycles. The summed E-state index contributed by atoms with van der Waals surface area (Å²) in [6.07, 6.45) is 2.25. The summed E-state index contributed by atoms with van der Waals surface area (Å²) in [4.78, 5) is 12.1. The number of nitrogens with one attached hydrogen (secondary N) is 2. The molecule has 122 valence electrons. The van der Waals surface area contributed by atoms with Crippen LogP contribution < -0.4 is 10.6 Å². The van der Waals surface area contributed by atoms with Crippen LogP contribution >= 0.6 is 0 Å². The predicted octanol–water partition coefficient (Wildman–Crippen LogP) is 2.74. The fourth-order valence-corrected chi connectivity index (χ4v) is 3.96. The number of furan rings is 1. The summed E-state index contributed by atoms with van der Waals surface area (Å²) >= 11 is 0. The van der Waals surface area contributed by atoms with Crippen molar-refractivity contribution in [3.05, 3.63) is 41.0 Å². The van der Waals surface area contributed by atoms with Gasteiger partial charge in [0.05, 0.1) is 17.5 Å². The third kappa shape index (κ3) is 3.10. The maximum Gasteiger partial charge on any atom is 0.319 e. The maximum absolute atomic E-state index is 12.1. The smallest absolute Gasteiger partial charge is 0.319 e. The second-order valence-corrected chi connectivity index (χ2v) is 7.48. The minimum absolute atomic E-state index is 0.107. The highest BCUT2D eigenvalue weighted by molar-refractivity contribution is 7.94. The van der Waals surface area contributed by atoms with Gasteiger partial charge in [0.1, 0.15) is 5.76 Å². The first-order valence-corrected chi connectivity index (χ1v) is 9.10. The molecule has 0 unspecified atom stereocenters. The summed E-state index contributed by atoms with van der Waals surface area (Å²) in [6, 6.07) is 4.58. The average molecular weight is 334 g/mol. The molecule has 0 spiro atoms. The number of hydrogen-bond acceptors (Lipinski definition) is 4. The molecule has 0 saturated carbocycles. The number of aryl methyl sites for hydroxylation is 2. The summed E-state index contributed by atoms with van der Waals surface area (Å²) in [5.41, 5.74) is 2.26. The van der Waals surface area contributed by atoms with Crippen LogP contribution in [0.15, 0.2) is 34.1 Å². The number of carbonyl (C=O) groups is 1. The molecule has 7 heteroatoms. The molecule has 6 nitrogen and oxygen atoms in total. The van der Waals surface area contributed by atoms with Gasteiger partial charge in [0.15, 0.2) is 15.4 Å². The second-order valence-electron chi connectivity index (χ2n) is 5.55. The number of urea groups is 1. The van der Waals surface area contributed by atoms with Crippen molar-refractivity contribution in [1.82, 2.24) is 5.32 Å². The number of para-hydroxylation sites is 1. The van der Waals surface area contributed by atoms with Crippen LogP contribution in [0.5, 0.6) is 0 Å². The van der Waals surface area contributed by atoms with Gasteiger partial charge in [-0.15, -0.1) is 0 Å². The summed E-state index contributed by atoms with van der Waals surface area (Å²) in [5.74, 6) is 0.782. The number of carbonyl (C=O) groups excluding carboxylic acids is 1. The van der Waals surface area contributed by atoms with E-state index in [4.69, 9.17) is 4.42 Å². The fraction of sp³-hybridized carbons (Fsp3) is 0.312. The molecule has 0 saturated heterocycles. The van der Waals surface area contributed by atoms with Crippen LogP contribution in [0.25, 0.3) is 11.0 Å². The average Bonchev–Trinajstić information content (AvgIpc) is 3.00. The van der Waals surface area contributed by atoms with E-state index < -0.39 is 21.9 Å². The number of fused-ring (bicyclic) bond motifs is 1. The van der Waals surface area contributed by atoms with E-state index in [0.717, 1.165) is 28.5 Å². The van der Waals surface area contributed by atoms with Crippen LogP contribution in [0, 0.1) is 6.92 Å². The maximum atomic E-state index is 12.1. The van der Waals surface area contributed by atoms with E-state index in [1.807, 2.05) is 26.0 Å². The molecule has 2 N–H and O–H groups in total. The summed E-state index contributed by atoms with van der Waals surface area (Å²) in [5, 5.41) is 7.44. The van der Waals surface area contributed by atoms with Crippen molar-refractivity contribution < 1.29 is 17.6 Å². The van der Waals surface area contributed by atoms with E-state index in [9.17, 15) is 13.2 Å². The minimum atomic E-state index is -3.20. The van der Waals surface area contributed by atoms with Crippen LogP contribution in [-0.2, 0) is 16.3 Å². The molecule has 2 aromatic rings. The molecule has 0 radical (unpaired) electrons. The molecule has 1 atom stereocenters. The zero-order valence-corrected chi connectivity index (χ0v) is 13.7. The van der Waals surface area contributed by atoms with Crippen molar-refractivity contribution in [2.24, 2.45) is 0 Å². The lowest BCUT2D eigenvalue weighted by molar-refractivity contribution is 0.251. The summed E-state index contributed by atoms with van der Waals surface area (Å²) in [7, 11) is -3.20. The molecule has 0 bridgehead atoms. The van der Waals surface area contributed by atoms with Crippen molar-refractivity contribution in [3.63, 3.8) is 0 Å². The monoisotopic (exact) mass is 334 g/mol. The molecular formula is C16H18N2O4S. The quantitative estimate of drug-likeness (QED) is 0.903. The van der Waals surface area contributed by atoms with Gasteiger partial charge in [0.2, 0.25) is 0 Å². The van der Waals surface area contributed by atoms with E-state index in [1.165, 1.54) is 6.08 Å². The van der Waals surface area contributed by atoms with Gasteiger partial charge in [-0.05, 0) is 24.6 Å². The van der Waals surface area contributed by atoms with E-state index in [0.29, 0.717) is 11.3 Å². The number of hydrogen-bond donors (Lipinski definition) is 2. The van der Waals surface area contributed by atoms with Crippen LogP contribution in [0.2, 0.25) is 0 Å². The summed E-state index contributed by atoms with van der Waals surface area (Å²) in [6.45, 7) is 4.00. The molecule has 2 heterocycles. The van der Waals surface area contributed by atoms with Gasteiger partial charge in [-0.25, -0.2) is 13.2 Å². The van der Waals surface area contributed by atoms with E-state index in [2.05, 4.69) is 10.6 Å². The van der Waals surface area contributed by atoms with E-state index in [-0.39, 0.29) is 5.75 Å². The first-order valence-electron chi connectivity index (χ1n) is 7.39. The third-order valence-corrected chi connectivity index (χ3v) is 5.27. The Morgan fingerprint density at radius 3 is 2.83 bits per heavy atom. The van der Waals surface area contributed by atoms with Gasteiger partial charge >= 0.3 is 6.03 Å². The number of anilines is 1. The Morgan fingerprint density at radius 1 is 1.39 bits per heavy atom. The van der Waals surface area contributed by atoms with E-state index in [1.54, 1.807) is 6.07 Å². The molecule has 3 rings (SSSR count). The first kappa shape index (κ1) is 15.6. The zero-order valence-electron chi connectivity index (χ0n) is 12.9. The first-order chi connectivity index (χ1) is 10.9. The normalized spacial score (nSPS) is 19.1. The second kappa shape index (κ2) is 5.73. The molecule has 0 aliphatic carbocycles. The van der Waals surface area contributed by atoms with Crippen molar-refractivity contribution in [1.29, 1.82) is 0 Å². The zero-order chi connectivity index (χ0) is 16.6. The van der Waals surface area contributed by atoms with Gasteiger partial charge < -0.3 is 15.1 Å². The van der Waals surface area contributed by atoms with Gasteiger partial charge in [-0.2, -0.15) is 0 Å². The predicted molar refractivity (Wildman–Crippen MR) is 89.2 cm³/mol. The molecule has 0 fully saturated rings. The van der Waals surface area contributed by atoms with Crippen LogP contribution in [0.3, 0.4) is 0 Å². The Morgan fingerprint density at radius 2 is 2.17 bits per heavy atom. The van der Waals surface area contributed by atoms with E-state index >= 15 is 0 Å².